The minimum absolute atomic E-state index is 0.139. The van der Waals surface area contributed by atoms with Gasteiger partial charge in [0.2, 0.25) is 0 Å². The molecule has 1 amide bonds. The first-order valence-corrected chi connectivity index (χ1v) is 9.96. The number of para-hydroxylation sites is 1. The maximum Gasteiger partial charge on any atom is 0.265 e. The molecule has 150 valence electrons. The van der Waals surface area contributed by atoms with Gasteiger partial charge in [0, 0.05) is 10.7 Å². The van der Waals surface area contributed by atoms with Crippen LogP contribution in [0.1, 0.15) is 21.7 Å². The molecule has 0 aliphatic heterocycles. The van der Waals surface area contributed by atoms with E-state index in [1.54, 1.807) is 41.8 Å². The van der Waals surface area contributed by atoms with Crippen LogP contribution in [0.3, 0.4) is 0 Å². The van der Waals surface area contributed by atoms with Crippen LogP contribution in [0.15, 0.2) is 65.5 Å². The van der Waals surface area contributed by atoms with Gasteiger partial charge in [-0.25, -0.2) is 4.98 Å². The summed E-state index contributed by atoms with van der Waals surface area (Å²) in [5.41, 5.74) is 2.89. The highest BCUT2D eigenvalue weighted by Gasteiger charge is 2.14. The lowest BCUT2D eigenvalue weighted by molar-refractivity contribution is 0.102. The minimum atomic E-state index is -0.362. The summed E-state index contributed by atoms with van der Waals surface area (Å²) in [5, 5.41) is 4.14. The Hall–Kier alpha value is -3.15. The number of carbonyl (C=O) groups excluding carboxylic acids is 1. The number of rotatable bonds is 3. The summed E-state index contributed by atoms with van der Waals surface area (Å²) in [5.74, 6) is 0.222. The first-order chi connectivity index (χ1) is 14.3. The number of fused-ring (bicyclic) bond motifs is 1. The van der Waals surface area contributed by atoms with Crippen molar-refractivity contribution in [2.75, 3.05) is 5.32 Å². The van der Waals surface area contributed by atoms with Crippen molar-refractivity contribution in [1.82, 2.24) is 9.55 Å². The van der Waals surface area contributed by atoms with Gasteiger partial charge in [-0.15, -0.1) is 0 Å². The molecule has 0 spiro atoms. The molecule has 0 aliphatic carbocycles. The van der Waals surface area contributed by atoms with Crippen LogP contribution in [0, 0.1) is 13.8 Å². The van der Waals surface area contributed by atoms with Gasteiger partial charge >= 0.3 is 0 Å². The quantitative estimate of drug-likeness (QED) is 0.456. The zero-order valence-corrected chi connectivity index (χ0v) is 17.8. The largest absolute Gasteiger partial charge is 0.322 e. The van der Waals surface area contributed by atoms with E-state index in [1.807, 2.05) is 31.2 Å². The van der Waals surface area contributed by atoms with Crippen LogP contribution in [0.4, 0.5) is 5.69 Å². The highest BCUT2D eigenvalue weighted by atomic mass is 35.5. The predicted molar refractivity (Wildman–Crippen MR) is 121 cm³/mol. The van der Waals surface area contributed by atoms with E-state index in [2.05, 4.69) is 10.3 Å². The number of hydrogen-bond donors (Lipinski definition) is 1. The molecule has 0 radical (unpaired) electrons. The van der Waals surface area contributed by atoms with Crippen LogP contribution in [-0.4, -0.2) is 15.5 Å². The van der Waals surface area contributed by atoms with Crippen LogP contribution >= 0.6 is 23.2 Å². The fraction of sp³-hybridized carbons (Fsp3) is 0.0870. The average molecular weight is 438 g/mol. The van der Waals surface area contributed by atoms with Crippen molar-refractivity contribution in [1.29, 1.82) is 0 Å². The maximum absolute atomic E-state index is 13.0. The van der Waals surface area contributed by atoms with Crippen molar-refractivity contribution < 1.29 is 4.79 Å². The van der Waals surface area contributed by atoms with E-state index >= 15 is 0 Å². The minimum Gasteiger partial charge on any atom is -0.322 e. The number of hydrogen-bond acceptors (Lipinski definition) is 3. The Morgan fingerprint density at radius 2 is 1.77 bits per heavy atom. The number of benzene rings is 3. The van der Waals surface area contributed by atoms with Crippen LogP contribution in [0.5, 0.6) is 0 Å². The molecule has 4 aromatic rings. The van der Waals surface area contributed by atoms with Crippen LogP contribution < -0.4 is 10.9 Å². The van der Waals surface area contributed by atoms with E-state index in [1.165, 1.54) is 6.07 Å². The molecule has 0 saturated heterocycles. The molecule has 1 N–H and O–H groups in total. The van der Waals surface area contributed by atoms with Gasteiger partial charge in [-0.3, -0.25) is 14.2 Å². The maximum atomic E-state index is 13.0. The summed E-state index contributed by atoms with van der Waals surface area (Å²) in [4.78, 5) is 30.2. The van der Waals surface area contributed by atoms with Gasteiger partial charge in [0.25, 0.3) is 11.5 Å². The number of nitrogens with zero attached hydrogens (tertiary/aromatic N) is 2. The molecule has 0 fully saturated rings. The number of anilines is 1. The van der Waals surface area contributed by atoms with Gasteiger partial charge in [0.05, 0.1) is 27.2 Å². The van der Waals surface area contributed by atoms with Gasteiger partial charge in [-0.05, 0) is 67.9 Å². The van der Waals surface area contributed by atoms with E-state index in [9.17, 15) is 9.59 Å². The highest BCUT2D eigenvalue weighted by molar-refractivity contribution is 6.36. The lowest BCUT2D eigenvalue weighted by Crippen LogP contribution is -2.22. The second-order valence-electron chi connectivity index (χ2n) is 6.89. The normalized spacial score (nSPS) is 10.9. The molecule has 0 atom stereocenters. The van der Waals surface area contributed by atoms with Crippen molar-refractivity contribution in [2.24, 2.45) is 0 Å². The van der Waals surface area contributed by atoms with E-state index < -0.39 is 0 Å². The molecule has 0 unspecified atom stereocenters. The number of halogens is 2. The van der Waals surface area contributed by atoms with Gasteiger partial charge in [0.15, 0.2) is 0 Å². The number of aromatic nitrogens is 2. The number of carbonyl (C=O) groups is 1. The Kier molecular flexibility index (Phi) is 5.33. The van der Waals surface area contributed by atoms with Crippen molar-refractivity contribution in [3.05, 3.63) is 98.0 Å². The lowest BCUT2D eigenvalue weighted by Gasteiger charge is -2.14. The predicted octanol–water partition coefficient (Wildman–Crippen LogP) is 5.56. The van der Waals surface area contributed by atoms with Gasteiger partial charge in [-0.1, -0.05) is 35.3 Å². The topological polar surface area (TPSA) is 64.0 Å². The Labute approximate surface area is 182 Å². The molecule has 3 aromatic carbocycles. The molecule has 0 bridgehead atoms. The van der Waals surface area contributed by atoms with E-state index in [-0.39, 0.29) is 11.5 Å². The third kappa shape index (κ3) is 3.70. The van der Waals surface area contributed by atoms with Gasteiger partial charge < -0.3 is 5.32 Å². The molecular formula is C23H17Cl2N3O2. The lowest BCUT2D eigenvalue weighted by atomic mass is 10.1. The standard InChI is InChI=1S/C23H17Cl2N3O2/c1-13-11-16(28-14(2)26-21-6-4-3-5-17(21)23(28)30)8-10-20(13)27-22(29)18-12-15(24)7-9-19(18)25/h3-12H,1-2H3,(H,27,29). The van der Waals surface area contributed by atoms with Crippen molar-refractivity contribution in [2.45, 2.75) is 13.8 Å². The molecule has 0 aliphatic rings. The first kappa shape index (κ1) is 20.1. The molecule has 5 nitrogen and oxygen atoms in total. The average Bonchev–Trinajstić information content (AvgIpc) is 2.71. The van der Waals surface area contributed by atoms with E-state index in [4.69, 9.17) is 23.2 Å². The zero-order chi connectivity index (χ0) is 21.4. The number of nitrogens with one attached hydrogen (secondary N) is 1. The van der Waals surface area contributed by atoms with Crippen LogP contribution in [-0.2, 0) is 0 Å². The fourth-order valence-corrected chi connectivity index (χ4v) is 3.71. The molecule has 7 heteroatoms. The Balaban J connectivity index is 1.71. The van der Waals surface area contributed by atoms with Crippen LogP contribution in [0.25, 0.3) is 16.6 Å². The van der Waals surface area contributed by atoms with Crippen LogP contribution in [0.2, 0.25) is 10.0 Å². The van der Waals surface area contributed by atoms with Crippen molar-refractivity contribution in [3.63, 3.8) is 0 Å². The van der Waals surface area contributed by atoms with Gasteiger partial charge in [0.1, 0.15) is 5.82 Å². The molecular weight excluding hydrogens is 421 g/mol. The SMILES string of the molecule is Cc1cc(-n2c(C)nc3ccccc3c2=O)ccc1NC(=O)c1cc(Cl)ccc1Cl. The Morgan fingerprint density at radius 1 is 1.00 bits per heavy atom. The summed E-state index contributed by atoms with van der Waals surface area (Å²) < 4.78 is 1.56. The third-order valence-electron chi connectivity index (χ3n) is 4.83. The van der Waals surface area contributed by atoms with Gasteiger partial charge in [-0.2, -0.15) is 0 Å². The Morgan fingerprint density at radius 3 is 2.53 bits per heavy atom. The second kappa shape index (κ2) is 7.94. The second-order valence-corrected chi connectivity index (χ2v) is 7.74. The molecule has 1 aromatic heterocycles. The van der Waals surface area contributed by atoms with Crippen molar-refractivity contribution in [3.8, 4) is 5.69 Å². The Bertz CT molecular complexity index is 1360. The molecule has 4 rings (SSSR count). The van der Waals surface area contributed by atoms with Crippen molar-refractivity contribution >= 4 is 45.7 Å². The third-order valence-corrected chi connectivity index (χ3v) is 5.40. The molecule has 1 heterocycles. The molecule has 30 heavy (non-hydrogen) atoms. The summed E-state index contributed by atoms with van der Waals surface area (Å²) in [6.45, 7) is 3.65. The smallest absolute Gasteiger partial charge is 0.265 e. The summed E-state index contributed by atoms with van der Waals surface area (Å²) in [6.07, 6.45) is 0. The van der Waals surface area contributed by atoms with E-state index in [0.717, 1.165) is 5.56 Å². The number of amides is 1. The number of aryl methyl sites for hydroxylation is 2. The van der Waals surface area contributed by atoms with E-state index in [0.29, 0.717) is 43.7 Å². The highest BCUT2D eigenvalue weighted by Crippen LogP contribution is 2.24. The fourth-order valence-electron chi connectivity index (χ4n) is 3.34. The summed E-state index contributed by atoms with van der Waals surface area (Å²) in [7, 11) is 0. The first-order valence-electron chi connectivity index (χ1n) is 9.21. The summed E-state index contributed by atoms with van der Waals surface area (Å²) >= 11 is 12.1. The monoisotopic (exact) mass is 437 g/mol. The zero-order valence-electron chi connectivity index (χ0n) is 16.2. The molecule has 0 saturated carbocycles. The summed E-state index contributed by atoms with van der Waals surface area (Å²) in [6, 6.07) is 17.3.